The highest BCUT2D eigenvalue weighted by molar-refractivity contribution is 7.91. The van der Waals surface area contributed by atoms with Gasteiger partial charge in [-0.3, -0.25) is 4.99 Å². The minimum absolute atomic E-state index is 0.0281. The molecule has 0 aromatic heterocycles. The highest BCUT2D eigenvalue weighted by Gasteiger charge is 2.11. The Hall–Kier alpha value is -1.02. The van der Waals surface area contributed by atoms with E-state index in [0.717, 1.165) is 0 Å². The van der Waals surface area contributed by atoms with Gasteiger partial charge in [0.05, 0.1) is 18.4 Å². The molecule has 0 spiro atoms. The molecule has 0 aliphatic carbocycles. The van der Waals surface area contributed by atoms with Crippen molar-refractivity contribution in [2.45, 2.75) is 20.0 Å². The standard InChI is InChI=1S/C15H23Cl2N3O3S/c1-3-18-15(19-5-6-24(22,23)4-2)20-10-14(21)11-7-12(16)9-13(17)8-11/h7-9,14,21H,3-6,10H2,1-2H3,(H2,18,19,20). The topological polar surface area (TPSA) is 90.8 Å². The highest BCUT2D eigenvalue weighted by atomic mass is 35.5. The second-order valence-electron chi connectivity index (χ2n) is 5.10. The van der Waals surface area contributed by atoms with Gasteiger partial charge in [-0.25, -0.2) is 8.42 Å². The third-order valence-electron chi connectivity index (χ3n) is 3.18. The molecule has 0 bridgehead atoms. The zero-order valence-electron chi connectivity index (χ0n) is 13.7. The minimum Gasteiger partial charge on any atom is -0.386 e. The number of rotatable bonds is 8. The van der Waals surface area contributed by atoms with Gasteiger partial charge >= 0.3 is 0 Å². The number of guanidine groups is 1. The monoisotopic (exact) mass is 395 g/mol. The van der Waals surface area contributed by atoms with E-state index in [1.165, 1.54) is 0 Å². The van der Waals surface area contributed by atoms with Gasteiger partial charge < -0.3 is 15.7 Å². The van der Waals surface area contributed by atoms with Crippen LogP contribution in [-0.4, -0.2) is 50.6 Å². The molecule has 6 nitrogen and oxygen atoms in total. The highest BCUT2D eigenvalue weighted by Crippen LogP contribution is 2.23. The lowest BCUT2D eigenvalue weighted by Gasteiger charge is -2.13. The molecule has 1 aromatic carbocycles. The summed E-state index contributed by atoms with van der Waals surface area (Å²) in [7, 11) is -3.04. The molecule has 0 fully saturated rings. The van der Waals surface area contributed by atoms with Crippen LogP contribution in [0.4, 0.5) is 0 Å². The quantitative estimate of drug-likeness (QED) is 0.462. The minimum atomic E-state index is -3.04. The molecule has 9 heteroatoms. The van der Waals surface area contributed by atoms with Crippen LogP contribution >= 0.6 is 23.2 Å². The van der Waals surface area contributed by atoms with E-state index in [-0.39, 0.29) is 24.6 Å². The number of aliphatic hydroxyl groups excluding tert-OH is 1. The number of halogens is 2. The van der Waals surface area contributed by atoms with E-state index in [9.17, 15) is 13.5 Å². The number of hydrogen-bond acceptors (Lipinski definition) is 4. The second kappa shape index (κ2) is 10.1. The van der Waals surface area contributed by atoms with Gasteiger partial charge in [0.15, 0.2) is 15.8 Å². The smallest absolute Gasteiger partial charge is 0.191 e. The summed E-state index contributed by atoms with van der Waals surface area (Å²) in [4.78, 5) is 4.26. The normalized spacial score (nSPS) is 13.6. The van der Waals surface area contributed by atoms with Crippen LogP contribution in [-0.2, 0) is 9.84 Å². The largest absolute Gasteiger partial charge is 0.386 e. The number of nitrogens with one attached hydrogen (secondary N) is 2. The molecule has 0 saturated carbocycles. The molecule has 1 rings (SSSR count). The fourth-order valence-electron chi connectivity index (χ4n) is 1.86. The molecule has 1 aromatic rings. The van der Waals surface area contributed by atoms with Crippen molar-refractivity contribution in [3.63, 3.8) is 0 Å². The lowest BCUT2D eigenvalue weighted by Crippen LogP contribution is -2.40. The molecule has 0 aliphatic heterocycles. The van der Waals surface area contributed by atoms with Crippen molar-refractivity contribution in [2.75, 3.05) is 31.1 Å². The molecule has 0 aliphatic rings. The Morgan fingerprint density at radius 2 is 1.83 bits per heavy atom. The Kier molecular flexibility index (Phi) is 8.83. The Bertz CT molecular complexity index is 646. The van der Waals surface area contributed by atoms with E-state index in [4.69, 9.17) is 23.2 Å². The molecule has 24 heavy (non-hydrogen) atoms. The molecular formula is C15H23Cl2N3O3S. The number of aliphatic hydroxyl groups is 1. The van der Waals surface area contributed by atoms with Crippen LogP contribution in [0.3, 0.4) is 0 Å². The van der Waals surface area contributed by atoms with E-state index in [0.29, 0.717) is 28.1 Å². The van der Waals surface area contributed by atoms with Gasteiger partial charge in [-0.1, -0.05) is 30.1 Å². The molecular weight excluding hydrogens is 373 g/mol. The molecule has 0 heterocycles. The average Bonchev–Trinajstić information content (AvgIpc) is 2.51. The number of sulfone groups is 1. The van der Waals surface area contributed by atoms with E-state index in [1.807, 2.05) is 6.92 Å². The molecule has 1 unspecified atom stereocenters. The maximum atomic E-state index is 11.5. The van der Waals surface area contributed by atoms with Crippen LogP contribution in [0, 0.1) is 0 Å². The predicted octanol–water partition coefficient (Wildman–Crippen LogP) is 2.02. The molecule has 0 saturated heterocycles. The SMILES string of the molecule is CCNC(=NCC(O)c1cc(Cl)cc(Cl)c1)NCCS(=O)(=O)CC. The zero-order chi connectivity index (χ0) is 18.2. The van der Waals surface area contributed by atoms with E-state index < -0.39 is 15.9 Å². The number of benzene rings is 1. The fraction of sp³-hybridized carbons (Fsp3) is 0.533. The Labute approximate surface area is 153 Å². The van der Waals surface area contributed by atoms with Gasteiger partial charge in [-0.15, -0.1) is 0 Å². The lowest BCUT2D eigenvalue weighted by atomic mass is 10.1. The van der Waals surface area contributed by atoms with Gasteiger partial charge in [-0.2, -0.15) is 0 Å². The van der Waals surface area contributed by atoms with Crippen molar-refractivity contribution < 1.29 is 13.5 Å². The van der Waals surface area contributed by atoms with E-state index >= 15 is 0 Å². The van der Waals surface area contributed by atoms with Crippen LogP contribution in [0.15, 0.2) is 23.2 Å². The van der Waals surface area contributed by atoms with Crippen LogP contribution in [0.2, 0.25) is 10.0 Å². The van der Waals surface area contributed by atoms with Crippen molar-refractivity contribution in [1.29, 1.82) is 0 Å². The molecule has 1 atom stereocenters. The molecule has 0 radical (unpaired) electrons. The first-order valence-corrected chi connectivity index (χ1v) is 10.2. The van der Waals surface area contributed by atoms with Crippen molar-refractivity contribution in [3.8, 4) is 0 Å². The Balaban J connectivity index is 2.67. The van der Waals surface area contributed by atoms with Gasteiger partial charge in [0.2, 0.25) is 0 Å². The van der Waals surface area contributed by atoms with Crippen molar-refractivity contribution in [1.82, 2.24) is 10.6 Å². The molecule has 0 amide bonds. The summed E-state index contributed by atoms with van der Waals surface area (Å²) < 4.78 is 23.0. The van der Waals surface area contributed by atoms with Gasteiger partial charge in [-0.05, 0) is 30.7 Å². The number of hydrogen-bond donors (Lipinski definition) is 3. The summed E-state index contributed by atoms with van der Waals surface area (Å²) in [5.41, 5.74) is 0.570. The maximum Gasteiger partial charge on any atom is 0.191 e. The van der Waals surface area contributed by atoms with Gasteiger partial charge in [0.25, 0.3) is 0 Å². The summed E-state index contributed by atoms with van der Waals surface area (Å²) in [5, 5.41) is 17.0. The summed E-state index contributed by atoms with van der Waals surface area (Å²) >= 11 is 11.8. The average molecular weight is 396 g/mol. The number of nitrogens with zero attached hydrogens (tertiary/aromatic N) is 1. The van der Waals surface area contributed by atoms with Crippen molar-refractivity contribution in [3.05, 3.63) is 33.8 Å². The first kappa shape index (κ1) is 21.0. The second-order valence-corrected chi connectivity index (χ2v) is 8.45. The van der Waals surface area contributed by atoms with Crippen LogP contribution < -0.4 is 10.6 Å². The third kappa shape index (κ3) is 7.70. The summed E-state index contributed by atoms with van der Waals surface area (Å²) in [6, 6.07) is 4.84. The summed E-state index contributed by atoms with van der Waals surface area (Å²) in [6.07, 6.45) is -0.865. The Morgan fingerprint density at radius 1 is 1.21 bits per heavy atom. The summed E-state index contributed by atoms with van der Waals surface area (Å²) in [5.74, 6) is 0.577. The van der Waals surface area contributed by atoms with E-state index in [1.54, 1.807) is 25.1 Å². The summed E-state index contributed by atoms with van der Waals surface area (Å²) in [6.45, 7) is 4.47. The fourth-order valence-corrected chi connectivity index (χ4v) is 3.11. The van der Waals surface area contributed by atoms with E-state index in [2.05, 4.69) is 15.6 Å². The lowest BCUT2D eigenvalue weighted by molar-refractivity contribution is 0.187. The van der Waals surface area contributed by atoms with Crippen LogP contribution in [0.25, 0.3) is 0 Å². The van der Waals surface area contributed by atoms with Crippen molar-refractivity contribution in [2.24, 2.45) is 4.99 Å². The van der Waals surface area contributed by atoms with Gasteiger partial charge in [0.1, 0.15) is 0 Å². The van der Waals surface area contributed by atoms with Crippen LogP contribution in [0.1, 0.15) is 25.5 Å². The first-order chi connectivity index (χ1) is 11.3. The predicted molar refractivity (Wildman–Crippen MR) is 99.7 cm³/mol. The first-order valence-electron chi connectivity index (χ1n) is 7.64. The number of aliphatic imine (C=N–C) groups is 1. The third-order valence-corrected chi connectivity index (χ3v) is 5.32. The Morgan fingerprint density at radius 3 is 2.38 bits per heavy atom. The van der Waals surface area contributed by atoms with Gasteiger partial charge in [0, 0.05) is 28.9 Å². The maximum absolute atomic E-state index is 11.5. The van der Waals surface area contributed by atoms with Crippen LogP contribution in [0.5, 0.6) is 0 Å². The molecule has 3 N–H and O–H groups in total. The molecule has 136 valence electrons. The zero-order valence-corrected chi connectivity index (χ0v) is 16.0. The van der Waals surface area contributed by atoms with Crippen molar-refractivity contribution >= 4 is 39.0 Å².